The van der Waals surface area contributed by atoms with Crippen LogP contribution in [0.3, 0.4) is 0 Å². The second-order valence-corrected chi connectivity index (χ2v) is 8.85. The van der Waals surface area contributed by atoms with Crippen LogP contribution in [0.15, 0.2) is 12.7 Å². The number of hydrogen-bond acceptors (Lipinski definition) is 2. The van der Waals surface area contributed by atoms with Crippen molar-refractivity contribution in [1.82, 2.24) is 0 Å². The Kier molecular flexibility index (Phi) is 22.8. The summed E-state index contributed by atoms with van der Waals surface area (Å²) < 4.78 is 5.59. The Bertz CT molecular complexity index is 350. The number of hydrogen-bond donors (Lipinski definition) is 0. The molecular weight excluding hydrogens is 356 g/mol. The molecule has 2 nitrogen and oxygen atoms in total. The van der Waals surface area contributed by atoms with E-state index in [0.29, 0.717) is 0 Å². The second-order valence-electron chi connectivity index (χ2n) is 8.85. The molecule has 0 amide bonds. The molecule has 0 radical (unpaired) electrons. The van der Waals surface area contributed by atoms with Gasteiger partial charge in [-0.15, -0.1) is 0 Å². The van der Waals surface area contributed by atoms with E-state index < -0.39 is 0 Å². The lowest BCUT2D eigenvalue weighted by Crippen LogP contribution is -2.16. The predicted molar refractivity (Wildman–Crippen MR) is 128 cm³/mol. The van der Waals surface area contributed by atoms with Gasteiger partial charge >= 0.3 is 5.97 Å². The molecule has 0 aromatic heterocycles. The predicted octanol–water partition coefficient (Wildman–Crippen LogP) is 9.32. The molecule has 0 spiro atoms. The fraction of sp³-hybridized carbons (Fsp3) is 0.889. The molecule has 0 N–H and O–H groups in total. The lowest BCUT2D eigenvalue weighted by atomic mass is 10.0. The minimum atomic E-state index is -0.252. The molecule has 172 valence electrons. The molecule has 0 aliphatic carbocycles. The Morgan fingerprint density at radius 3 is 1.24 bits per heavy atom. The number of carbonyl (C=O) groups excluding carboxylic acids is 1. The van der Waals surface area contributed by atoms with E-state index in [1.54, 1.807) is 0 Å². The van der Waals surface area contributed by atoms with Gasteiger partial charge in [0.1, 0.15) is 6.10 Å². The molecular formula is C27H52O2. The van der Waals surface area contributed by atoms with Crippen LogP contribution in [0.1, 0.15) is 149 Å². The number of ether oxygens (including phenoxy) is 1. The highest BCUT2D eigenvalue weighted by Gasteiger charge is 2.12. The van der Waals surface area contributed by atoms with Gasteiger partial charge in [0.2, 0.25) is 0 Å². The van der Waals surface area contributed by atoms with Gasteiger partial charge in [-0.2, -0.15) is 0 Å². The van der Waals surface area contributed by atoms with E-state index in [4.69, 9.17) is 4.74 Å². The van der Waals surface area contributed by atoms with Crippen LogP contribution in [0.25, 0.3) is 0 Å². The molecule has 0 aliphatic rings. The summed E-state index contributed by atoms with van der Waals surface area (Å²) >= 11 is 0. The molecule has 0 heterocycles. The van der Waals surface area contributed by atoms with E-state index >= 15 is 0 Å². The summed E-state index contributed by atoms with van der Waals surface area (Å²) in [5, 5.41) is 0. The van der Waals surface area contributed by atoms with Gasteiger partial charge in [0, 0.05) is 6.08 Å². The highest BCUT2D eigenvalue weighted by molar-refractivity contribution is 5.81. The van der Waals surface area contributed by atoms with Crippen LogP contribution in [0.5, 0.6) is 0 Å². The summed E-state index contributed by atoms with van der Waals surface area (Å²) in [7, 11) is 0. The second kappa shape index (κ2) is 23.5. The average Bonchev–Trinajstić information content (AvgIpc) is 2.73. The van der Waals surface area contributed by atoms with Crippen LogP contribution in [0.4, 0.5) is 0 Å². The summed E-state index contributed by atoms with van der Waals surface area (Å²) in [5.41, 5.74) is 0. The molecule has 1 unspecified atom stereocenters. The highest BCUT2D eigenvalue weighted by Crippen LogP contribution is 2.18. The van der Waals surface area contributed by atoms with Crippen LogP contribution in [-0.2, 0) is 9.53 Å². The number of esters is 1. The topological polar surface area (TPSA) is 26.3 Å². The SMILES string of the molecule is C=CC(=O)OC(CCCCCCCCCC)CCCCCCCCCCCCC. The quantitative estimate of drug-likeness (QED) is 0.0956. The van der Waals surface area contributed by atoms with Gasteiger partial charge < -0.3 is 4.74 Å². The van der Waals surface area contributed by atoms with Crippen molar-refractivity contribution in [2.45, 2.75) is 155 Å². The molecule has 0 fully saturated rings. The minimum Gasteiger partial charge on any atom is -0.459 e. The van der Waals surface area contributed by atoms with Crippen LogP contribution in [0.2, 0.25) is 0 Å². The van der Waals surface area contributed by atoms with Crippen molar-refractivity contribution >= 4 is 5.97 Å². The van der Waals surface area contributed by atoms with Crippen LogP contribution >= 0.6 is 0 Å². The van der Waals surface area contributed by atoms with Crippen molar-refractivity contribution in [3.63, 3.8) is 0 Å². The molecule has 0 aromatic rings. The van der Waals surface area contributed by atoms with Crippen LogP contribution < -0.4 is 0 Å². The van der Waals surface area contributed by atoms with Gasteiger partial charge in [-0.3, -0.25) is 0 Å². The molecule has 1 atom stereocenters. The highest BCUT2D eigenvalue weighted by atomic mass is 16.5. The Balaban J connectivity index is 3.68. The van der Waals surface area contributed by atoms with Gasteiger partial charge in [-0.1, -0.05) is 130 Å². The Morgan fingerprint density at radius 2 is 0.931 bits per heavy atom. The lowest BCUT2D eigenvalue weighted by Gasteiger charge is -2.17. The first kappa shape index (κ1) is 28.2. The molecule has 0 rings (SSSR count). The average molecular weight is 409 g/mol. The molecule has 29 heavy (non-hydrogen) atoms. The third-order valence-corrected chi connectivity index (χ3v) is 5.96. The van der Waals surface area contributed by atoms with E-state index in [0.717, 1.165) is 12.8 Å². The largest absolute Gasteiger partial charge is 0.459 e. The molecule has 2 heteroatoms. The van der Waals surface area contributed by atoms with Crippen molar-refractivity contribution < 1.29 is 9.53 Å². The fourth-order valence-corrected chi connectivity index (χ4v) is 4.02. The van der Waals surface area contributed by atoms with E-state index in [-0.39, 0.29) is 12.1 Å². The monoisotopic (exact) mass is 408 g/mol. The lowest BCUT2D eigenvalue weighted by molar-refractivity contribution is -0.143. The van der Waals surface area contributed by atoms with E-state index in [1.807, 2.05) is 0 Å². The van der Waals surface area contributed by atoms with Gasteiger partial charge in [-0.05, 0) is 25.7 Å². The van der Waals surface area contributed by atoms with Gasteiger partial charge in [0.05, 0.1) is 0 Å². The summed E-state index contributed by atoms with van der Waals surface area (Å²) in [5.74, 6) is -0.252. The standard InChI is InChI=1S/C27H52O2/c1-4-7-9-11-13-15-16-17-19-21-23-25-26(29-27(28)6-3)24-22-20-18-14-12-10-8-5-2/h6,26H,3-5,7-25H2,1-2H3. The van der Waals surface area contributed by atoms with Crippen molar-refractivity contribution in [2.75, 3.05) is 0 Å². The van der Waals surface area contributed by atoms with Gasteiger partial charge in [0.25, 0.3) is 0 Å². The Hall–Kier alpha value is -0.790. The van der Waals surface area contributed by atoms with Crippen LogP contribution in [0, 0.1) is 0 Å². The first-order chi connectivity index (χ1) is 14.2. The van der Waals surface area contributed by atoms with Crippen molar-refractivity contribution in [2.24, 2.45) is 0 Å². The zero-order valence-corrected chi connectivity index (χ0v) is 20.0. The van der Waals surface area contributed by atoms with Gasteiger partial charge in [0.15, 0.2) is 0 Å². The minimum absolute atomic E-state index is 0.0964. The summed E-state index contributed by atoms with van der Waals surface area (Å²) in [6.45, 7) is 8.09. The molecule has 0 saturated heterocycles. The first-order valence-corrected chi connectivity index (χ1v) is 13.1. The van der Waals surface area contributed by atoms with E-state index in [9.17, 15) is 4.79 Å². The third-order valence-electron chi connectivity index (χ3n) is 5.96. The number of unbranched alkanes of at least 4 members (excludes halogenated alkanes) is 17. The fourth-order valence-electron chi connectivity index (χ4n) is 4.02. The van der Waals surface area contributed by atoms with Crippen molar-refractivity contribution in [3.05, 3.63) is 12.7 Å². The number of carbonyl (C=O) groups is 1. The maximum atomic E-state index is 11.6. The zero-order chi connectivity index (χ0) is 21.4. The normalized spacial score (nSPS) is 12.1. The van der Waals surface area contributed by atoms with E-state index in [2.05, 4.69) is 20.4 Å². The van der Waals surface area contributed by atoms with Crippen molar-refractivity contribution in [3.8, 4) is 0 Å². The first-order valence-electron chi connectivity index (χ1n) is 13.1. The van der Waals surface area contributed by atoms with Crippen LogP contribution in [-0.4, -0.2) is 12.1 Å². The number of rotatable bonds is 23. The maximum absolute atomic E-state index is 11.6. The summed E-state index contributed by atoms with van der Waals surface area (Å²) in [6.07, 6.45) is 29.0. The zero-order valence-electron chi connectivity index (χ0n) is 20.0. The summed E-state index contributed by atoms with van der Waals surface area (Å²) in [4.78, 5) is 11.6. The Morgan fingerprint density at radius 1 is 0.621 bits per heavy atom. The molecule has 0 aliphatic heterocycles. The molecule has 0 bridgehead atoms. The molecule has 0 saturated carbocycles. The molecule has 0 aromatic carbocycles. The maximum Gasteiger partial charge on any atom is 0.330 e. The van der Waals surface area contributed by atoms with Crippen molar-refractivity contribution in [1.29, 1.82) is 0 Å². The Labute approximate surface area is 183 Å². The van der Waals surface area contributed by atoms with E-state index in [1.165, 1.54) is 128 Å². The van der Waals surface area contributed by atoms with Gasteiger partial charge in [-0.25, -0.2) is 4.79 Å². The smallest absolute Gasteiger partial charge is 0.330 e. The summed E-state index contributed by atoms with van der Waals surface area (Å²) in [6, 6.07) is 0. The third kappa shape index (κ3) is 21.7.